The van der Waals surface area contributed by atoms with Gasteiger partial charge in [-0.05, 0) is 80.1 Å². The van der Waals surface area contributed by atoms with Crippen molar-refractivity contribution in [1.29, 1.82) is 0 Å². The highest BCUT2D eigenvalue weighted by atomic mass is 32.4. The lowest BCUT2D eigenvalue weighted by Crippen LogP contribution is -2.61. The van der Waals surface area contributed by atoms with E-state index in [9.17, 15) is 0 Å². The maximum Gasteiger partial charge on any atom is 0.169 e. The van der Waals surface area contributed by atoms with Gasteiger partial charge in [0.25, 0.3) is 0 Å². The van der Waals surface area contributed by atoms with Gasteiger partial charge in [0.15, 0.2) is 5.79 Å². The van der Waals surface area contributed by atoms with E-state index in [2.05, 4.69) is 105 Å². The number of rotatable bonds is 10. The average Bonchev–Trinajstić information content (AvgIpc) is 3.26. The minimum atomic E-state index is -2.31. The summed E-state index contributed by atoms with van der Waals surface area (Å²) < 4.78 is 24.9. The van der Waals surface area contributed by atoms with E-state index in [0.717, 1.165) is 6.42 Å². The highest BCUT2D eigenvalue weighted by Crippen LogP contribution is 2.80. The van der Waals surface area contributed by atoms with Gasteiger partial charge in [0.1, 0.15) is 11.3 Å². The molecular weight excluding hydrogens is 491 g/mol. The number of hydrogen-bond donors (Lipinski definition) is 0. The summed E-state index contributed by atoms with van der Waals surface area (Å²) in [5, 5.41) is 0. The van der Waals surface area contributed by atoms with Gasteiger partial charge in [-0.25, -0.2) is 0 Å². The second kappa shape index (κ2) is 9.69. The maximum atomic E-state index is 7.22. The lowest BCUT2D eigenvalue weighted by atomic mass is 9.51. The quantitative estimate of drug-likeness (QED) is 0.168. The van der Waals surface area contributed by atoms with Gasteiger partial charge in [0.2, 0.25) is 0 Å². The van der Waals surface area contributed by atoms with Gasteiger partial charge in [0, 0.05) is 30.1 Å². The monoisotopic (exact) mass is 546 g/mol. The highest BCUT2D eigenvalue weighted by molar-refractivity contribution is 8.14. The molecule has 0 bridgehead atoms. The van der Waals surface area contributed by atoms with Crippen molar-refractivity contribution in [3.05, 3.63) is 0 Å². The summed E-state index contributed by atoms with van der Waals surface area (Å²) in [5.74, 6) is 0.371. The molecule has 8 heteroatoms. The molecule has 0 spiro atoms. The third kappa shape index (κ3) is 4.50. The first-order chi connectivity index (χ1) is 15.8. The minimum Gasteiger partial charge on any atom is -0.361 e. The molecule has 1 saturated carbocycles. The Bertz CT molecular complexity index is 782. The van der Waals surface area contributed by atoms with Gasteiger partial charge >= 0.3 is 0 Å². The molecule has 2 heterocycles. The molecule has 2 saturated heterocycles. The van der Waals surface area contributed by atoms with Gasteiger partial charge in [-0.15, -0.1) is 0 Å². The summed E-state index contributed by atoms with van der Waals surface area (Å²) in [4.78, 5) is -0.233. The predicted molar refractivity (Wildman–Crippen MR) is 155 cm³/mol. The van der Waals surface area contributed by atoms with Crippen LogP contribution in [0.15, 0.2) is 0 Å². The molecule has 0 aromatic rings. The Balaban J connectivity index is 2.13. The summed E-state index contributed by atoms with van der Waals surface area (Å²) >= 11 is 7.12. The molecule has 35 heavy (non-hydrogen) atoms. The standard InChI is InChI=1S/C27H55N2O3PSSi/c1-18(2)28(19(3)4)33(34,29(20(5)6)21(7)8)27(35(12,13)14)24(32-27)22-17-23(25(22,9)10)26(11)30-15-16-31-26/h18-24H,15-17H2,1-14H3/t22-,23-,24+,27-/m1/s1. The Hall–Kier alpha value is 0.667. The largest absolute Gasteiger partial charge is 0.361 e. The molecule has 0 N–H and O–H groups in total. The van der Waals surface area contributed by atoms with E-state index >= 15 is 0 Å². The molecule has 0 unspecified atom stereocenters. The molecule has 0 amide bonds. The third-order valence-corrected chi connectivity index (χ3v) is 21.3. The lowest BCUT2D eigenvalue weighted by molar-refractivity contribution is -0.255. The van der Waals surface area contributed by atoms with Crippen LogP contribution < -0.4 is 0 Å². The van der Waals surface area contributed by atoms with Crippen LogP contribution in [0.4, 0.5) is 0 Å². The topological polar surface area (TPSA) is 37.5 Å². The number of epoxide rings is 1. The van der Waals surface area contributed by atoms with Crippen LogP contribution in [0.2, 0.25) is 19.6 Å². The van der Waals surface area contributed by atoms with Gasteiger partial charge in [0.05, 0.1) is 27.4 Å². The third-order valence-electron chi connectivity index (χ3n) is 9.09. The molecule has 1 aliphatic carbocycles. The zero-order valence-electron chi connectivity index (χ0n) is 25.1. The van der Waals surface area contributed by atoms with Gasteiger partial charge < -0.3 is 14.2 Å². The fourth-order valence-corrected chi connectivity index (χ4v) is 22.9. The van der Waals surface area contributed by atoms with Gasteiger partial charge in [-0.1, -0.05) is 45.3 Å². The van der Waals surface area contributed by atoms with Crippen molar-refractivity contribution >= 4 is 26.2 Å². The van der Waals surface area contributed by atoms with Crippen LogP contribution >= 0.6 is 6.34 Å². The fourth-order valence-electron chi connectivity index (χ4n) is 7.79. The van der Waals surface area contributed by atoms with E-state index in [-0.39, 0.29) is 16.5 Å². The van der Waals surface area contributed by atoms with Crippen LogP contribution in [-0.4, -0.2) is 71.7 Å². The van der Waals surface area contributed by atoms with E-state index < -0.39 is 20.2 Å². The number of ether oxygens (including phenoxy) is 3. The van der Waals surface area contributed by atoms with Crippen molar-refractivity contribution < 1.29 is 14.2 Å². The molecule has 206 valence electrons. The number of nitrogens with zero attached hydrogens (tertiary/aromatic N) is 2. The Morgan fingerprint density at radius 3 is 1.51 bits per heavy atom. The van der Waals surface area contributed by atoms with E-state index in [4.69, 9.17) is 26.0 Å². The Morgan fingerprint density at radius 1 is 0.800 bits per heavy atom. The normalized spacial score (nSPS) is 33.0. The SMILES string of the molecule is CC(C)N(C(C)C)P(=S)(N(C(C)C)C(C)C)[C@]1([Si](C)(C)C)O[C@H]1[C@H]1C[C@@H](C2(C)OCCO2)C1(C)C. The van der Waals surface area contributed by atoms with Crippen molar-refractivity contribution in [3.8, 4) is 0 Å². The van der Waals surface area contributed by atoms with E-state index in [1.165, 1.54) is 0 Å². The lowest BCUT2D eigenvalue weighted by Gasteiger charge is -2.59. The fraction of sp³-hybridized carbons (Fsp3) is 1.00. The molecular formula is C27H55N2O3PSSi. The average molecular weight is 547 g/mol. The van der Waals surface area contributed by atoms with E-state index in [0.29, 0.717) is 49.2 Å². The molecule has 3 fully saturated rings. The molecule has 5 nitrogen and oxygen atoms in total. The van der Waals surface area contributed by atoms with Crippen LogP contribution in [-0.2, 0) is 26.0 Å². The first-order valence-electron chi connectivity index (χ1n) is 13.9. The van der Waals surface area contributed by atoms with Crippen LogP contribution in [0, 0.1) is 17.3 Å². The first kappa shape index (κ1) is 30.2. The Labute approximate surface area is 223 Å². The zero-order valence-corrected chi connectivity index (χ0v) is 27.8. The minimum absolute atomic E-state index is 0.0757. The molecule has 0 aromatic heterocycles. The Morgan fingerprint density at radius 2 is 1.20 bits per heavy atom. The molecule has 4 atom stereocenters. The Kier molecular flexibility index (Phi) is 8.37. The van der Waals surface area contributed by atoms with Crippen molar-refractivity contribution in [2.75, 3.05) is 13.2 Å². The van der Waals surface area contributed by atoms with Gasteiger partial charge in [-0.2, -0.15) is 0 Å². The van der Waals surface area contributed by atoms with Gasteiger partial charge in [-0.3, -0.25) is 9.34 Å². The molecule has 0 aromatic carbocycles. The summed E-state index contributed by atoms with van der Waals surface area (Å²) in [6, 6.07) is 1.45. The zero-order chi connectivity index (χ0) is 26.9. The van der Waals surface area contributed by atoms with Crippen molar-refractivity contribution in [2.45, 2.75) is 143 Å². The second-order valence-electron chi connectivity index (χ2n) is 14.1. The van der Waals surface area contributed by atoms with Crippen molar-refractivity contribution in [1.82, 2.24) is 9.34 Å². The molecule has 0 radical (unpaired) electrons. The van der Waals surface area contributed by atoms with Crippen LogP contribution in [0.3, 0.4) is 0 Å². The maximum absolute atomic E-state index is 7.22. The van der Waals surface area contributed by atoms with E-state index in [1.54, 1.807) is 0 Å². The van der Waals surface area contributed by atoms with Crippen molar-refractivity contribution in [2.24, 2.45) is 17.3 Å². The first-order valence-corrected chi connectivity index (χ1v) is 20.1. The summed E-state index contributed by atoms with van der Waals surface area (Å²) in [5.41, 5.74) is 0.0757. The highest BCUT2D eigenvalue weighted by Gasteiger charge is 2.79. The summed E-state index contributed by atoms with van der Waals surface area (Å²) in [6.07, 6.45) is -1.02. The van der Waals surface area contributed by atoms with Crippen LogP contribution in [0.1, 0.15) is 82.6 Å². The predicted octanol–water partition coefficient (Wildman–Crippen LogP) is 6.93. The van der Waals surface area contributed by atoms with E-state index in [1.807, 2.05) is 0 Å². The van der Waals surface area contributed by atoms with Crippen molar-refractivity contribution in [3.63, 3.8) is 0 Å². The second-order valence-corrected chi connectivity index (χ2v) is 24.0. The van der Waals surface area contributed by atoms with Crippen LogP contribution in [0.5, 0.6) is 0 Å². The number of hydrogen-bond acceptors (Lipinski definition) is 4. The van der Waals surface area contributed by atoms with Crippen LogP contribution in [0.25, 0.3) is 0 Å². The molecule has 3 aliphatic rings. The molecule has 2 aliphatic heterocycles. The smallest absolute Gasteiger partial charge is 0.169 e. The summed E-state index contributed by atoms with van der Waals surface area (Å²) in [6.45, 7) is 34.5. The summed E-state index contributed by atoms with van der Waals surface area (Å²) in [7, 11) is -1.88. The molecule has 3 rings (SSSR count).